The molecule has 0 bridgehead atoms. The van der Waals surface area contributed by atoms with Crippen molar-refractivity contribution < 1.29 is 13.2 Å². The summed E-state index contributed by atoms with van der Waals surface area (Å²) in [6.07, 6.45) is 0. The van der Waals surface area contributed by atoms with Gasteiger partial charge in [-0.05, 0) is 61.2 Å². The molecular weight excluding hydrogens is 386 g/mol. The number of hydrogen-bond donors (Lipinski definition) is 3. The number of nitrogens with one attached hydrogen (secondary N) is 3. The number of aryl methyl sites for hydroxylation is 2. The van der Waals surface area contributed by atoms with Crippen LogP contribution in [0.5, 0.6) is 0 Å². The average Bonchev–Trinajstić information content (AvgIpc) is 2.94. The molecule has 3 rings (SSSR count). The standard InChI is InChI=1S/C22H27N3O3S/c1-14(2)12-23-29(27,28)13-17-6-5-7-19(10-17)25-22(26)18-8-9-21-20(11-18)15(3)16(4)24-21/h5-11,14,23-24H,12-13H2,1-4H3,(H,25,26). The van der Waals surface area contributed by atoms with Crippen LogP contribution in [0, 0.1) is 19.8 Å². The van der Waals surface area contributed by atoms with Crippen LogP contribution in [0.2, 0.25) is 0 Å². The molecular formula is C22H27N3O3S. The molecule has 154 valence electrons. The maximum atomic E-state index is 12.7. The van der Waals surface area contributed by atoms with Gasteiger partial charge in [-0.3, -0.25) is 4.79 Å². The molecule has 3 N–H and O–H groups in total. The Bertz CT molecular complexity index is 1150. The largest absolute Gasteiger partial charge is 0.358 e. The number of hydrogen-bond acceptors (Lipinski definition) is 3. The van der Waals surface area contributed by atoms with Crippen molar-refractivity contribution in [2.45, 2.75) is 33.4 Å². The number of amides is 1. The fourth-order valence-electron chi connectivity index (χ4n) is 3.11. The van der Waals surface area contributed by atoms with Crippen LogP contribution >= 0.6 is 0 Å². The molecule has 1 heterocycles. The quantitative estimate of drug-likeness (QED) is 0.544. The Balaban J connectivity index is 1.74. The minimum Gasteiger partial charge on any atom is -0.358 e. The number of rotatable bonds is 7. The predicted octanol–water partition coefficient (Wildman–Crippen LogP) is 4.11. The van der Waals surface area contributed by atoms with Gasteiger partial charge < -0.3 is 10.3 Å². The summed E-state index contributed by atoms with van der Waals surface area (Å²) >= 11 is 0. The van der Waals surface area contributed by atoms with Gasteiger partial charge in [0.25, 0.3) is 5.91 Å². The van der Waals surface area contributed by atoms with Crippen LogP contribution in [0.25, 0.3) is 10.9 Å². The number of sulfonamides is 1. The number of benzene rings is 2. The van der Waals surface area contributed by atoms with Crippen LogP contribution in [-0.4, -0.2) is 25.9 Å². The second-order valence-electron chi connectivity index (χ2n) is 7.79. The Morgan fingerprint density at radius 2 is 1.86 bits per heavy atom. The fourth-order valence-corrected chi connectivity index (χ4v) is 4.42. The molecule has 0 atom stereocenters. The van der Waals surface area contributed by atoms with Gasteiger partial charge >= 0.3 is 0 Å². The lowest BCUT2D eigenvalue weighted by Gasteiger charge is -2.10. The average molecular weight is 414 g/mol. The monoisotopic (exact) mass is 413 g/mol. The van der Waals surface area contributed by atoms with Gasteiger partial charge in [0.15, 0.2) is 0 Å². The molecule has 6 nitrogen and oxygen atoms in total. The lowest BCUT2D eigenvalue weighted by atomic mass is 10.1. The molecule has 0 saturated heterocycles. The highest BCUT2D eigenvalue weighted by atomic mass is 32.2. The van der Waals surface area contributed by atoms with E-state index in [-0.39, 0.29) is 17.6 Å². The number of anilines is 1. The van der Waals surface area contributed by atoms with Gasteiger partial charge in [0.2, 0.25) is 10.0 Å². The summed E-state index contributed by atoms with van der Waals surface area (Å²) in [7, 11) is -3.42. The molecule has 7 heteroatoms. The Kier molecular flexibility index (Phi) is 6.10. The lowest BCUT2D eigenvalue weighted by Crippen LogP contribution is -2.28. The Hall–Kier alpha value is -2.64. The maximum absolute atomic E-state index is 12.7. The first-order valence-corrected chi connectivity index (χ1v) is 11.3. The zero-order valence-electron chi connectivity index (χ0n) is 17.2. The van der Waals surface area contributed by atoms with Crippen molar-refractivity contribution in [1.82, 2.24) is 9.71 Å². The lowest BCUT2D eigenvalue weighted by molar-refractivity contribution is 0.102. The van der Waals surface area contributed by atoms with E-state index in [0.29, 0.717) is 23.4 Å². The predicted molar refractivity (Wildman–Crippen MR) is 118 cm³/mol. The summed E-state index contributed by atoms with van der Waals surface area (Å²) < 4.78 is 27.0. The van der Waals surface area contributed by atoms with Gasteiger partial charge in [-0.2, -0.15) is 0 Å². The van der Waals surface area contributed by atoms with Crippen LogP contribution in [0.3, 0.4) is 0 Å². The Morgan fingerprint density at radius 1 is 1.10 bits per heavy atom. The van der Waals surface area contributed by atoms with Crippen molar-refractivity contribution in [3.05, 3.63) is 64.8 Å². The normalized spacial score (nSPS) is 11.9. The molecule has 0 unspecified atom stereocenters. The third kappa shape index (κ3) is 5.25. The molecule has 1 aromatic heterocycles. The van der Waals surface area contributed by atoms with E-state index in [1.165, 1.54) is 0 Å². The van der Waals surface area contributed by atoms with Crippen LogP contribution < -0.4 is 10.0 Å². The number of fused-ring (bicyclic) bond motifs is 1. The minimum atomic E-state index is -3.42. The highest BCUT2D eigenvalue weighted by molar-refractivity contribution is 7.88. The van der Waals surface area contributed by atoms with Crippen LogP contribution in [-0.2, 0) is 15.8 Å². The number of H-pyrrole nitrogens is 1. The van der Waals surface area contributed by atoms with E-state index in [1.54, 1.807) is 30.3 Å². The van der Waals surface area contributed by atoms with Crippen molar-refractivity contribution in [2.75, 3.05) is 11.9 Å². The molecule has 0 aliphatic heterocycles. The van der Waals surface area contributed by atoms with Gasteiger partial charge in [-0.1, -0.05) is 26.0 Å². The Labute approximate surface area is 171 Å². The summed E-state index contributed by atoms with van der Waals surface area (Å²) in [6.45, 7) is 8.33. The second kappa shape index (κ2) is 8.39. The smallest absolute Gasteiger partial charge is 0.255 e. The first-order valence-electron chi connectivity index (χ1n) is 9.61. The molecule has 0 radical (unpaired) electrons. The van der Waals surface area contributed by atoms with Crippen molar-refractivity contribution >= 4 is 32.5 Å². The van der Waals surface area contributed by atoms with E-state index in [2.05, 4.69) is 15.0 Å². The molecule has 1 amide bonds. The highest BCUT2D eigenvalue weighted by Gasteiger charge is 2.14. The molecule has 0 aliphatic rings. The van der Waals surface area contributed by atoms with Crippen molar-refractivity contribution in [1.29, 1.82) is 0 Å². The van der Waals surface area contributed by atoms with E-state index < -0.39 is 10.0 Å². The second-order valence-corrected chi connectivity index (χ2v) is 9.60. The molecule has 3 aromatic rings. The highest BCUT2D eigenvalue weighted by Crippen LogP contribution is 2.23. The molecule has 0 spiro atoms. The van der Waals surface area contributed by atoms with Gasteiger partial charge in [-0.15, -0.1) is 0 Å². The SMILES string of the molecule is Cc1[nH]c2ccc(C(=O)Nc3cccc(CS(=O)(=O)NCC(C)C)c3)cc2c1C. The summed E-state index contributed by atoms with van der Waals surface area (Å²) in [5.74, 6) is -0.125. The van der Waals surface area contributed by atoms with Gasteiger partial charge in [0, 0.05) is 34.4 Å². The van der Waals surface area contributed by atoms with Crippen LogP contribution in [0.15, 0.2) is 42.5 Å². The third-order valence-corrected chi connectivity index (χ3v) is 6.14. The van der Waals surface area contributed by atoms with E-state index in [4.69, 9.17) is 0 Å². The maximum Gasteiger partial charge on any atom is 0.255 e. The molecule has 2 aromatic carbocycles. The van der Waals surface area contributed by atoms with E-state index in [9.17, 15) is 13.2 Å². The zero-order valence-corrected chi connectivity index (χ0v) is 18.0. The third-order valence-electron chi connectivity index (χ3n) is 4.82. The van der Waals surface area contributed by atoms with Gasteiger partial charge in [0.1, 0.15) is 0 Å². The molecule has 29 heavy (non-hydrogen) atoms. The van der Waals surface area contributed by atoms with Crippen molar-refractivity contribution in [2.24, 2.45) is 5.92 Å². The number of carbonyl (C=O) groups is 1. The summed E-state index contributed by atoms with van der Waals surface area (Å²) in [4.78, 5) is 16.0. The zero-order chi connectivity index (χ0) is 21.2. The minimum absolute atomic E-state index is 0.128. The molecule has 0 saturated carbocycles. The van der Waals surface area contributed by atoms with Gasteiger partial charge in [0.05, 0.1) is 5.75 Å². The van der Waals surface area contributed by atoms with E-state index in [0.717, 1.165) is 22.2 Å². The van der Waals surface area contributed by atoms with Crippen LogP contribution in [0.4, 0.5) is 5.69 Å². The number of aromatic nitrogens is 1. The summed E-state index contributed by atoms with van der Waals surface area (Å²) in [5, 5.41) is 3.88. The first-order chi connectivity index (χ1) is 13.6. The summed E-state index contributed by atoms with van der Waals surface area (Å²) in [5.41, 5.74) is 4.93. The van der Waals surface area contributed by atoms with Gasteiger partial charge in [-0.25, -0.2) is 13.1 Å². The first kappa shape index (κ1) is 21.1. The topological polar surface area (TPSA) is 91.1 Å². The summed E-state index contributed by atoms with van der Waals surface area (Å²) in [6, 6.07) is 12.5. The number of aromatic amines is 1. The van der Waals surface area contributed by atoms with E-state index in [1.807, 2.05) is 39.8 Å². The molecule has 0 fully saturated rings. The van der Waals surface area contributed by atoms with Crippen LogP contribution in [0.1, 0.15) is 41.0 Å². The molecule has 0 aliphatic carbocycles. The van der Waals surface area contributed by atoms with E-state index >= 15 is 0 Å². The van der Waals surface area contributed by atoms with Crippen molar-refractivity contribution in [3.8, 4) is 0 Å². The fraction of sp³-hybridized carbons (Fsp3) is 0.318. The Morgan fingerprint density at radius 3 is 2.59 bits per heavy atom. The number of carbonyl (C=O) groups excluding carboxylic acids is 1. The van der Waals surface area contributed by atoms with Crippen molar-refractivity contribution in [3.63, 3.8) is 0 Å².